The first kappa shape index (κ1) is 14.2. The van der Waals surface area contributed by atoms with Crippen LogP contribution in [-0.2, 0) is 9.53 Å². The predicted octanol–water partition coefficient (Wildman–Crippen LogP) is 2.75. The lowest BCUT2D eigenvalue weighted by molar-refractivity contribution is -0.123. The van der Waals surface area contributed by atoms with Gasteiger partial charge in [-0.2, -0.15) is 0 Å². The van der Waals surface area contributed by atoms with Gasteiger partial charge in [-0.25, -0.2) is 0 Å². The number of ether oxygens (including phenoxy) is 3. The molecular weight excluding hydrogens is 270 g/mol. The van der Waals surface area contributed by atoms with E-state index in [0.717, 1.165) is 12.8 Å². The van der Waals surface area contributed by atoms with Crippen molar-refractivity contribution in [3.8, 4) is 11.5 Å². The molecule has 0 aromatic heterocycles. The van der Waals surface area contributed by atoms with Gasteiger partial charge in [-0.1, -0.05) is 25.3 Å². The van der Waals surface area contributed by atoms with Crippen molar-refractivity contribution in [1.29, 1.82) is 0 Å². The van der Waals surface area contributed by atoms with Gasteiger partial charge in [-0.15, -0.1) is 0 Å². The Labute approximate surface area is 124 Å². The maximum absolute atomic E-state index is 12.0. The third kappa shape index (κ3) is 3.67. The summed E-state index contributed by atoms with van der Waals surface area (Å²) in [5, 5.41) is 2.84. The largest absolute Gasteiger partial charge is 0.486 e. The summed E-state index contributed by atoms with van der Waals surface area (Å²) in [5.74, 6) is 1.13. The monoisotopic (exact) mass is 291 g/mol. The number of carbonyl (C=O) groups excluding carboxylic acids is 1. The Morgan fingerprint density at radius 3 is 2.86 bits per heavy atom. The van der Waals surface area contributed by atoms with Crippen molar-refractivity contribution >= 4 is 11.6 Å². The van der Waals surface area contributed by atoms with E-state index in [0.29, 0.717) is 30.4 Å². The molecule has 1 amide bonds. The number of rotatable bonds is 4. The first-order valence-corrected chi connectivity index (χ1v) is 7.63. The van der Waals surface area contributed by atoms with Crippen LogP contribution in [0.3, 0.4) is 0 Å². The molecule has 21 heavy (non-hydrogen) atoms. The van der Waals surface area contributed by atoms with Gasteiger partial charge in [0.2, 0.25) is 5.91 Å². The Kier molecular flexibility index (Phi) is 4.60. The van der Waals surface area contributed by atoms with Crippen LogP contribution in [0.4, 0.5) is 5.69 Å². The smallest absolute Gasteiger partial charge is 0.250 e. The van der Waals surface area contributed by atoms with E-state index in [9.17, 15) is 4.79 Å². The van der Waals surface area contributed by atoms with Crippen molar-refractivity contribution in [2.75, 3.05) is 25.1 Å². The number of anilines is 1. The van der Waals surface area contributed by atoms with Crippen LogP contribution in [0.2, 0.25) is 0 Å². The van der Waals surface area contributed by atoms with Gasteiger partial charge in [0, 0.05) is 0 Å². The van der Waals surface area contributed by atoms with Crippen molar-refractivity contribution in [3.63, 3.8) is 0 Å². The van der Waals surface area contributed by atoms with Crippen LogP contribution in [0.15, 0.2) is 18.2 Å². The van der Waals surface area contributed by atoms with E-state index in [1.54, 1.807) is 0 Å². The van der Waals surface area contributed by atoms with Crippen LogP contribution in [0.1, 0.15) is 32.1 Å². The quantitative estimate of drug-likeness (QED) is 0.926. The highest BCUT2D eigenvalue weighted by Crippen LogP contribution is 2.37. The minimum absolute atomic E-state index is 0.0925. The molecule has 1 aliphatic carbocycles. The number of amides is 1. The van der Waals surface area contributed by atoms with Crippen LogP contribution >= 0.6 is 0 Å². The van der Waals surface area contributed by atoms with Gasteiger partial charge in [-0.3, -0.25) is 4.79 Å². The summed E-state index contributed by atoms with van der Waals surface area (Å²) in [6, 6.07) is 5.49. The topological polar surface area (TPSA) is 56.8 Å². The molecule has 0 unspecified atom stereocenters. The van der Waals surface area contributed by atoms with Crippen molar-refractivity contribution in [3.05, 3.63) is 18.2 Å². The Balaban J connectivity index is 1.55. The normalized spacial score (nSPS) is 18.3. The molecule has 0 radical (unpaired) electrons. The molecule has 5 heteroatoms. The van der Waals surface area contributed by atoms with Crippen LogP contribution in [0.25, 0.3) is 0 Å². The first-order chi connectivity index (χ1) is 10.3. The lowest BCUT2D eigenvalue weighted by Gasteiger charge is -2.23. The molecule has 5 nitrogen and oxygen atoms in total. The minimum Gasteiger partial charge on any atom is -0.486 e. The van der Waals surface area contributed by atoms with Gasteiger partial charge >= 0.3 is 0 Å². The molecule has 1 aromatic carbocycles. The SMILES string of the molecule is O=C(COC1CCCCC1)Nc1cccc2c1OCCO2. The van der Waals surface area contributed by atoms with Crippen LogP contribution in [0.5, 0.6) is 11.5 Å². The Morgan fingerprint density at radius 1 is 1.19 bits per heavy atom. The molecule has 3 rings (SSSR count). The van der Waals surface area contributed by atoms with Crippen LogP contribution in [0, 0.1) is 0 Å². The zero-order valence-corrected chi connectivity index (χ0v) is 12.1. The van der Waals surface area contributed by atoms with Crippen molar-refractivity contribution < 1.29 is 19.0 Å². The lowest BCUT2D eigenvalue weighted by Crippen LogP contribution is -2.25. The number of para-hydroxylation sites is 1. The standard InChI is InChI=1S/C16H21NO4/c18-15(11-21-12-5-2-1-3-6-12)17-13-7-4-8-14-16(13)20-10-9-19-14/h4,7-8,12H,1-3,5-6,9-11H2,(H,17,18). The molecule has 1 fully saturated rings. The van der Waals surface area contributed by atoms with E-state index >= 15 is 0 Å². The second-order valence-corrected chi connectivity index (χ2v) is 5.45. The van der Waals surface area contributed by atoms with Crippen molar-refractivity contribution in [2.24, 2.45) is 0 Å². The summed E-state index contributed by atoms with van der Waals surface area (Å²) in [4.78, 5) is 12.0. The molecule has 1 N–H and O–H groups in total. The lowest BCUT2D eigenvalue weighted by atomic mass is 9.98. The molecule has 0 atom stereocenters. The number of hydrogen-bond donors (Lipinski definition) is 1. The average molecular weight is 291 g/mol. The predicted molar refractivity (Wildman–Crippen MR) is 78.9 cm³/mol. The summed E-state index contributed by atoms with van der Waals surface area (Å²) in [7, 11) is 0. The number of nitrogens with one attached hydrogen (secondary N) is 1. The molecule has 1 aliphatic heterocycles. The van der Waals surface area contributed by atoms with Gasteiger partial charge < -0.3 is 19.5 Å². The maximum atomic E-state index is 12.0. The molecule has 1 saturated carbocycles. The Bertz CT molecular complexity index is 497. The number of hydrogen-bond acceptors (Lipinski definition) is 4. The summed E-state index contributed by atoms with van der Waals surface area (Å²) in [6.45, 7) is 1.13. The first-order valence-electron chi connectivity index (χ1n) is 7.63. The van der Waals surface area contributed by atoms with Crippen molar-refractivity contribution in [2.45, 2.75) is 38.2 Å². The second-order valence-electron chi connectivity index (χ2n) is 5.45. The Morgan fingerprint density at radius 2 is 2.00 bits per heavy atom. The number of carbonyl (C=O) groups is 1. The molecule has 0 saturated heterocycles. The highest BCUT2D eigenvalue weighted by Gasteiger charge is 2.18. The minimum atomic E-state index is -0.150. The maximum Gasteiger partial charge on any atom is 0.250 e. The fraction of sp³-hybridized carbons (Fsp3) is 0.562. The third-order valence-corrected chi connectivity index (χ3v) is 3.84. The fourth-order valence-corrected chi connectivity index (χ4v) is 2.78. The van der Waals surface area contributed by atoms with E-state index in [-0.39, 0.29) is 18.6 Å². The van der Waals surface area contributed by atoms with Gasteiger partial charge in [0.1, 0.15) is 19.8 Å². The molecule has 0 bridgehead atoms. The summed E-state index contributed by atoms with van der Waals surface area (Å²) < 4.78 is 16.7. The average Bonchev–Trinajstić information content (AvgIpc) is 2.54. The van der Waals surface area contributed by atoms with Crippen LogP contribution < -0.4 is 14.8 Å². The van der Waals surface area contributed by atoms with E-state index in [2.05, 4.69) is 5.32 Å². The molecule has 2 aliphatic rings. The number of benzene rings is 1. The number of fused-ring (bicyclic) bond motifs is 1. The fourth-order valence-electron chi connectivity index (χ4n) is 2.78. The van der Waals surface area contributed by atoms with Crippen molar-refractivity contribution in [1.82, 2.24) is 0 Å². The molecular formula is C16H21NO4. The summed E-state index contributed by atoms with van der Waals surface area (Å²) in [6.07, 6.45) is 6.02. The second kappa shape index (κ2) is 6.80. The summed E-state index contributed by atoms with van der Waals surface area (Å²) in [5.41, 5.74) is 0.643. The van der Waals surface area contributed by atoms with Gasteiger partial charge in [0.25, 0.3) is 0 Å². The third-order valence-electron chi connectivity index (χ3n) is 3.84. The highest BCUT2D eigenvalue weighted by atomic mass is 16.6. The molecule has 0 spiro atoms. The van der Waals surface area contributed by atoms with E-state index in [1.165, 1.54) is 19.3 Å². The molecule has 1 heterocycles. The molecule has 1 aromatic rings. The van der Waals surface area contributed by atoms with Gasteiger partial charge in [0.05, 0.1) is 11.8 Å². The van der Waals surface area contributed by atoms with Gasteiger partial charge in [-0.05, 0) is 25.0 Å². The zero-order valence-electron chi connectivity index (χ0n) is 12.1. The Hall–Kier alpha value is -1.75. The molecule has 114 valence electrons. The van der Waals surface area contributed by atoms with Gasteiger partial charge in [0.15, 0.2) is 11.5 Å². The zero-order chi connectivity index (χ0) is 14.5. The van der Waals surface area contributed by atoms with E-state index in [4.69, 9.17) is 14.2 Å². The summed E-state index contributed by atoms with van der Waals surface area (Å²) >= 11 is 0. The van der Waals surface area contributed by atoms with E-state index in [1.807, 2.05) is 18.2 Å². The van der Waals surface area contributed by atoms with Crippen LogP contribution in [-0.4, -0.2) is 31.8 Å². The van der Waals surface area contributed by atoms with E-state index < -0.39 is 0 Å². The highest BCUT2D eigenvalue weighted by molar-refractivity contribution is 5.93.